The van der Waals surface area contributed by atoms with Crippen LogP contribution < -0.4 is 27.0 Å². The van der Waals surface area contributed by atoms with Crippen molar-refractivity contribution in [1.82, 2.24) is 21.3 Å². The molecule has 0 saturated heterocycles. The van der Waals surface area contributed by atoms with Gasteiger partial charge in [-0.25, -0.2) is 4.79 Å². The zero-order valence-corrected chi connectivity index (χ0v) is 23.1. The molecule has 1 aliphatic carbocycles. The molecule has 12 nitrogen and oxygen atoms in total. The third kappa shape index (κ3) is 9.30. The van der Waals surface area contributed by atoms with Crippen LogP contribution in [0.4, 0.5) is 4.79 Å². The Bertz CT molecular complexity index is 1310. The van der Waals surface area contributed by atoms with Crippen molar-refractivity contribution >= 4 is 46.3 Å². The molecule has 2 aromatic carbocycles. The highest BCUT2D eigenvalue weighted by Crippen LogP contribution is 2.33. The van der Waals surface area contributed by atoms with E-state index in [-0.39, 0.29) is 12.3 Å². The molecule has 1 aliphatic rings. The summed E-state index contributed by atoms with van der Waals surface area (Å²) in [6.45, 7) is 2.85. The van der Waals surface area contributed by atoms with Gasteiger partial charge in [0.05, 0.1) is 12.6 Å². The number of nitrogens with one attached hydrogen (secondary N) is 4. The maximum Gasteiger partial charge on any atom is 0.405 e. The fourth-order valence-corrected chi connectivity index (χ4v) is 4.48. The first kappa shape index (κ1) is 31.1. The highest BCUT2D eigenvalue weighted by molar-refractivity contribution is 6.38. The predicted octanol–water partition coefficient (Wildman–Crippen LogP) is 1.00. The van der Waals surface area contributed by atoms with Gasteiger partial charge in [0.15, 0.2) is 0 Å². The number of hydrogen-bond acceptors (Lipinski definition) is 6. The van der Waals surface area contributed by atoms with Crippen LogP contribution in [0.3, 0.4) is 0 Å². The molecule has 3 rings (SSSR count). The van der Waals surface area contributed by atoms with Gasteiger partial charge in [-0.15, -0.1) is 0 Å². The summed E-state index contributed by atoms with van der Waals surface area (Å²) in [5.74, 6) is -4.47. The Kier molecular flexibility index (Phi) is 10.8. The van der Waals surface area contributed by atoms with Crippen LogP contribution in [-0.4, -0.2) is 65.3 Å². The molecular weight excluding hydrogens is 530 g/mol. The Hall–Kier alpha value is -4.48. The van der Waals surface area contributed by atoms with Crippen LogP contribution in [-0.2, 0) is 30.4 Å². The Labute approximate surface area is 237 Å². The molecule has 12 heteroatoms. The monoisotopic (exact) mass is 567 g/mol. The molecule has 4 atom stereocenters. The number of carbonyl (C=O) groups excluding carboxylic acids is 5. The molecule has 0 aliphatic heterocycles. The number of carboxylic acid groups (broad SMARTS) is 1. The van der Waals surface area contributed by atoms with Crippen LogP contribution in [0.1, 0.15) is 45.1 Å². The van der Waals surface area contributed by atoms with E-state index in [1.807, 2.05) is 42.5 Å². The van der Waals surface area contributed by atoms with Gasteiger partial charge in [0.2, 0.25) is 23.5 Å². The van der Waals surface area contributed by atoms with Gasteiger partial charge in [-0.3, -0.25) is 24.0 Å². The summed E-state index contributed by atoms with van der Waals surface area (Å²) < 4.78 is 0. The number of rotatable bonds is 15. The zero-order valence-electron chi connectivity index (χ0n) is 23.1. The van der Waals surface area contributed by atoms with Crippen molar-refractivity contribution < 1.29 is 33.9 Å². The van der Waals surface area contributed by atoms with Crippen molar-refractivity contribution in [2.45, 2.75) is 64.1 Å². The lowest BCUT2D eigenvalue weighted by atomic mass is 9.94. The van der Waals surface area contributed by atoms with Gasteiger partial charge in [0.1, 0.15) is 12.1 Å². The average molecular weight is 568 g/mol. The fraction of sp³-hybridized carbons (Fsp3) is 0.448. The molecule has 0 heterocycles. The van der Waals surface area contributed by atoms with E-state index >= 15 is 0 Å². The maximum atomic E-state index is 13.0. The molecule has 0 bridgehead atoms. The number of benzene rings is 2. The van der Waals surface area contributed by atoms with Crippen LogP contribution >= 0.6 is 0 Å². The number of carbonyl (C=O) groups is 6. The average Bonchev–Trinajstić information content (AvgIpc) is 3.76. The van der Waals surface area contributed by atoms with E-state index in [0.29, 0.717) is 12.8 Å². The van der Waals surface area contributed by atoms with E-state index in [9.17, 15) is 28.8 Å². The van der Waals surface area contributed by atoms with Gasteiger partial charge >= 0.3 is 6.09 Å². The van der Waals surface area contributed by atoms with Crippen LogP contribution in [0.2, 0.25) is 0 Å². The molecule has 1 fully saturated rings. The van der Waals surface area contributed by atoms with Crippen LogP contribution in [0.15, 0.2) is 42.5 Å². The largest absolute Gasteiger partial charge is 0.465 e. The number of nitrogens with two attached hydrogens (primary N) is 1. The summed E-state index contributed by atoms with van der Waals surface area (Å²) in [6, 6.07) is 9.97. The van der Waals surface area contributed by atoms with Crippen molar-refractivity contribution in [2.75, 3.05) is 6.54 Å². The number of hydrogen-bond donors (Lipinski definition) is 6. The van der Waals surface area contributed by atoms with Crippen molar-refractivity contribution in [2.24, 2.45) is 17.6 Å². The minimum Gasteiger partial charge on any atom is -0.465 e. The SMILES string of the molecule is CCC(C)C(NC(=O)C(CC1CC1)NC(=O)O)C(=O)C(=O)NCC(=O)NC(Cc1ccc2ccccc2c1)C(N)=O. The lowest BCUT2D eigenvalue weighted by molar-refractivity contribution is -0.141. The van der Waals surface area contributed by atoms with Crippen molar-refractivity contribution in [3.8, 4) is 0 Å². The highest BCUT2D eigenvalue weighted by Gasteiger charge is 2.35. The Morgan fingerprint density at radius 2 is 1.63 bits per heavy atom. The van der Waals surface area contributed by atoms with Gasteiger partial charge < -0.3 is 32.1 Å². The molecule has 4 unspecified atom stereocenters. The minimum atomic E-state index is -1.36. The van der Waals surface area contributed by atoms with Crippen LogP contribution in [0.25, 0.3) is 10.8 Å². The lowest BCUT2D eigenvalue weighted by Gasteiger charge is -2.25. The second kappa shape index (κ2) is 14.2. The quantitative estimate of drug-likeness (QED) is 0.173. The van der Waals surface area contributed by atoms with Gasteiger partial charge in [-0.2, -0.15) is 0 Å². The van der Waals surface area contributed by atoms with Gasteiger partial charge in [0.25, 0.3) is 5.91 Å². The van der Waals surface area contributed by atoms with E-state index in [0.717, 1.165) is 29.2 Å². The normalized spacial score (nSPS) is 15.6. The second-order valence-electron chi connectivity index (χ2n) is 10.5. The maximum absolute atomic E-state index is 13.0. The van der Waals surface area contributed by atoms with E-state index in [1.165, 1.54) is 0 Å². The summed E-state index contributed by atoms with van der Waals surface area (Å²) in [5, 5.41) is 20.5. The summed E-state index contributed by atoms with van der Waals surface area (Å²) >= 11 is 0. The second-order valence-corrected chi connectivity index (χ2v) is 10.5. The van der Waals surface area contributed by atoms with Crippen molar-refractivity contribution in [1.29, 1.82) is 0 Å². The van der Waals surface area contributed by atoms with Crippen molar-refractivity contribution in [3.63, 3.8) is 0 Å². The van der Waals surface area contributed by atoms with Crippen molar-refractivity contribution in [3.05, 3.63) is 48.0 Å². The molecule has 0 spiro atoms. The van der Waals surface area contributed by atoms with E-state index < -0.39 is 66.1 Å². The molecule has 0 radical (unpaired) electrons. The molecule has 220 valence electrons. The number of ketones is 1. The molecule has 5 amide bonds. The van der Waals surface area contributed by atoms with Crippen LogP contribution in [0.5, 0.6) is 0 Å². The first-order valence-electron chi connectivity index (χ1n) is 13.7. The van der Waals surface area contributed by atoms with E-state index in [2.05, 4.69) is 21.3 Å². The number of primary amides is 1. The number of amides is 5. The Morgan fingerprint density at radius 1 is 0.951 bits per heavy atom. The molecular formula is C29H37N5O7. The highest BCUT2D eigenvalue weighted by atomic mass is 16.4. The molecule has 0 aromatic heterocycles. The molecule has 41 heavy (non-hydrogen) atoms. The summed E-state index contributed by atoms with van der Waals surface area (Å²) in [6.07, 6.45) is 1.29. The van der Waals surface area contributed by atoms with Gasteiger partial charge in [-0.05, 0) is 34.6 Å². The third-order valence-corrected chi connectivity index (χ3v) is 7.24. The number of fused-ring (bicyclic) bond motifs is 1. The van der Waals surface area contributed by atoms with E-state index in [4.69, 9.17) is 10.8 Å². The summed E-state index contributed by atoms with van der Waals surface area (Å²) in [5.41, 5.74) is 6.27. The standard InChI is InChI=1S/C29H37N5O7/c1-3-16(2)24(34-27(38)22(33-29(40)41)13-17-8-9-17)25(36)28(39)31-15-23(35)32-21(26(30)37)14-18-10-11-19-6-4-5-7-20(19)12-18/h4-7,10-12,16-17,21-22,24,33H,3,8-9,13-15H2,1-2H3,(H2,30,37)(H,31,39)(H,32,35)(H,34,38)(H,40,41). The number of Topliss-reactive ketones (excluding diaryl/α,β-unsaturated/α-hetero) is 1. The minimum absolute atomic E-state index is 0.132. The van der Waals surface area contributed by atoms with Gasteiger partial charge in [0, 0.05) is 6.42 Å². The van der Waals surface area contributed by atoms with E-state index in [1.54, 1.807) is 13.8 Å². The summed E-state index contributed by atoms with van der Waals surface area (Å²) in [7, 11) is 0. The fourth-order valence-electron chi connectivity index (χ4n) is 4.48. The third-order valence-electron chi connectivity index (χ3n) is 7.24. The van der Waals surface area contributed by atoms with Crippen LogP contribution in [0, 0.1) is 11.8 Å². The molecule has 7 N–H and O–H groups in total. The first-order valence-corrected chi connectivity index (χ1v) is 13.7. The zero-order chi connectivity index (χ0) is 30.1. The smallest absolute Gasteiger partial charge is 0.405 e. The molecule has 2 aromatic rings. The lowest BCUT2D eigenvalue weighted by Crippen LogP contribution is -2.56. The summed E-state index contributed by atoms with van der Waals surface area (Å²) in [4.78, 5) is 74.2. The Morgan fingerprint density at radius 3 is 2.24 bits per heavy atom. The van der Waals surface area contributed by atoms with Gasteiger partial charge in [-0.1, -0.05) is 75.6 Å². The first-order chi connectivity index (χ1) is 19.5. The topological polar surface area (TPSA) is 197 Å². The predicted molar refractivity (Wildman–Crippen MR) is 150 cm³/mol. The Balaban J connectivity index is 1.58. The molecule has 1 saturated carbocycles.